The van der Waals surface area contributed by atoms with E-state index in [2.05, 4.69) is 62.5 Å². The van der Waals surface area contributed by atoms with Crippen LogP contribution in [0.2, 0.25) is 0 Å². The minimum absolute atomic E-state index is 0.0375. The van der Waals surface area contributed by atoms with Crippen LogP contribution in [-0.2, 0) is 28.6 Å². The molecule has 0 aliphatic heterocycles. The van der Waals surface area contributed by atoms with Crippen molar-refractivity contribution in [3.63, 3.8) is 0 Å². The average molecular weight is 830 g/mol. The van der Waals surface area contributed by atoms with E-state index in [0.717, 1.165) is 77.0 Å². The van der Waals surface area contributed by atoms with Crippen molar-refractivity contribution in [3.05, 3.63) is 48.6 Å². The molecule has 8 heteroatoms. The van der Waals surface area contributed by atoms with E-state index in [9.17, 15) is 19.5 Å². The predicted molar refractivity (Wildman–Crippen MR) is 245 cm³/mol. The second-order valence-corrected chi connectivity index (χ2v) is 17.3. The Kier molecular flexibility index (Phi) is 40.1. The summed E-state index contributed by atoms with van der Waals surface area (Å²) >= 11 is 0. The van der Waals surface area contributed by atoms with Crippen LogP contribution in [0.1, 0.15) is 206 Å². The smallest absolute Gasteiger partial charge is 0.306 e. The largest absolute Gasteiger partial charge is 0.544 e. The van der Waals surface area contributed by atoms with Crippen molar-refractivity contribution in [2.75, 3.05) is 41.0 Å². The molecule has 59 heavy (non-hydrogen) atoms. The lowest BCUT2D eigenvalue weighted by Crippen LogP contribution is -2.55. The van der Waals surface area contributed by atoms with E-state index in [-0.39, 0.29) is 42.7 Å². The molecular weight excluding hydrogens is 739 g/mol. The van der Waals surface area contributed by atoms with E-state index in [1.807, 2.05) is 0 Å². The standard InChI is InChI=1S/C51H91NO7/c1-6-8-10-12-14-16-18-20-22-23-24-25-26-28-30-32-34-36-38-40-42-50(54)59-47(45-57-44-43-48(51(55)56)52(3,4)5)46-58-49(53)41-39-37-35-33-31-29-27-21-19-17-15-13-11-9-7-2/h8,10,14,16,20,22,24-25,47-48H,6-7,9,11-13,15,17-19,21,23,26-46H2,1-5H3/b10-8+,16-14+,22-20+,25-24+. The van der Waals surface area contributed by atoms with Gasteiger partial charge in [-0.05, 0) is 51.4 Å². The molecule has 0 spiro atoms. The maximum absolute atomic E-state index is 12.8. The van der Waals surface area contributed by atoms with E-state index in [1.54, 1.807) is 21.1 Å². The van der Waals surface area contributed by atoms with Crippen LogP contribution in [0.3, 0.4) is 0 Å². The fourth-order valence-corrected chi connectivity index (χ4v) is 7.00. The predicted octanol–water partition coefficient (Wildman–Crippen LogP) is 12.3. The summed E-state index contributed by atoms with van der Waals surface area (Å²) in [5, 5.41) is 11.6. The maximum Gasteiger partial charge on any atom is 0.306 e. The highest BCUT2D eigenvalue weighted by Gasteiger charge is 2.25. The number of quaternary nitrogens is 1. The molecule has 0 aromatic rings. The molecule has 0 saturated heterocycles. The fraction of sp³-hybridized carbons (Fsp3) is 0.784. The number of ether oxygens (including phenoxy) is 3. The van der Waals surface area contributed by atoms with Gasteiger partial charge in [-0.1, -0.05) is 184 Å². The monoisotopic (exact) mass is 830 g/mol. The molecule has 2 unspecified atom stereocenters. The molecule has 8 nitrogen and oxygen atoms in total. The fourth-order valence-electron chi connectivity index (χ4n) is 7.00. The van der Waals surface area contributed by atoms with E-state index in [0.29, 0.717) is 12.8 Å². The Bertz CT molecular complexity index is 1110. The molecule has 0 heterocycles. The first-order chi connectivity index (χ1) is 28.6. The number of carboxylic acid groups (broad SMARTS) is 1. The number of esters is 2. The zero-order valence-electron chi connectivity index (χ0n) is 38.9. The summed E-state index contributed by atoms with van der Waals surface area (Å²) in [6.45, 7) is 4.56. The number of likely N-dealkylation sites (N-methyl/N-ethyl adjacent to an activating group) is 1. The van der Waals surface area contributed by atoms with Crippen molar-refractivity contribution in [1.82, 2.24) is 0 Å². The van der Waals surface area contributed by atoms with Gasteiger partial charge in [0.15, 0.2) is 6.10 Å². The Morgan fingerprint density at radius 3 is 1.41 bits per heavy atom. The molecule has 0 fully saturated rings. The zero-order chi connectivity index (χ0) is 43.5. The molecule has 0 saturated carbocycles. The Hall–Kier alpha value is -2.71. The minimum Gasteiger partial charge on any atom is -0.544 e. The van der Waals surface area contributed by atoms with Crippen molar-refractivity contribution in [2.45, 2.75) is 219 Å². The minimum atomic E-state index is -1.13. The number of allylic oxidation sites excluding steroid dienone is 8. The third-order valence-corrected chi connectivity index (χ3v) is 10.7. The summed E-state index contributed by atoms with van der Waals surface area (Å²) < 4.78 is 17.2. The number of unbranched alkanes of at least 4 members (excludes halogenated alkanes) is 21. The van der Waals surface area contributed by atoms with Crippen LogP contribution in [0.5, 0.6) is 0 Å². The van der Waals surface area contributed by atoms with Gasteiger partial charge in [-0.15, -0.1) is 0 Å². The van der Waals surface area contributed by atoms with E-state index >= 15 is 0 Å². The van der Waals surface area contributed by atoms with Crippen molar-refractivity contribution < 1.29 is 38.2 Å². The number of aliphatic carboxylic acids is 1. The Morgan fingerprint density at radius 1 is 0.525 bits per heavy atom. The lowest BCUT2D eigenvalue weighted by Gasteiger charge is -2.34. The van der Waals surface area contributed by atoms with Crippen molar-refractivity contribution in [3.8, 4) is 0 Å². The molecule has 0 aliphatic rings. The second-order valence-electron chi connectivity index (χ2n) is 17.3. The van der Waals surface area contributed by atoms with Crippen LogP contribution < -0.4 is 5.11 Å². The Labute approximate surface area is 363 Å². The van der Waals surface area contributed by atoms with Gasteiger partial charge in [0, 0.05) is 19.3 Å². The first-order valence-corrected chi connectivity index (χ1v) is 24.2. The molecule has 0 radical (unpaired) electrons. The SMILES string of the molecule is CC/C=C/C/C=C/C/C=C/C/C=C/CCCCCCCCCC(=O)OC(COCCC(C(=O)[O-])[N+](C)(C)C)COC(=O)CCCCCCCCCCCCCCCCC. The molecule has 342 valence electrons. The highest BCUT2D eigenvalue weighted by atomic mass is 16.6. The molecular formula is C51H91NO7. The number of hydrogen-bond acceptors (Lipinski definition) is 7. The van der Waals surface area contributed by atoms with Crippen molar-refractivity contribution in [2.24, 2.45) is 0 Å². The summed E-state index contributed by atoms with van der Waals surface area (Å²) in [7, 11) is 5.41. The second kappa shape index (κ2) is 42.0. The third kappa shape index (κ3) is 40.5. The number of carbonyl (C=O) groups is 3. The highest BCUT2D eigenvalue weighted by Crippen LogP contribution is 2.15. The van der Waals surface area contributed by atoms with Gasteiger partial charge in [0.2, 0.25) is 0 Å². The number of carboxylic acids is 1. The molecule has 0 rings (SSSR count). The Morgan fingerprint density at radius 2 is 0.949 bits per heavy atom. The number of nitrogens with zero attached hydrogens (tertiary/aromatic N) is 1. The van der Waals surface area contributed by atoms with Gasteiger partial charge in [-0.2, -0.15) is 0 Å². The number of rotatable bonds is 43. The summed E-state index contributed by atoms with van der Waals surface area (Å²) in [6.07, 6.45) is 49.9. The molecule has 2 atom stereocenters. The molecule has 0 amide bonds. The van der Waals surface area contributed by atoms with Crippen LogP contribution in [0, 0.1) is 0 Å². The third-order valence-electron chi connectivity index (χ3n) is 10.7. The molecule has 0 aliphatic carbocycles. The van der Waals surface area contributed by atoms with Gasteiger partial charge in [0.05, 0.1) is 40.3 Å². The summed E-state index contributed by atoms with van der Waals surface area (Å²) in [5.74, 6) is -1.74. The molecule has 0 aromatic heterocycles. The first-order valence-electron chi connectivity index (χ1n) is 24.2. The summed E-state index contributed by atoms with van der Waals surface area (Å²) in [5.41, 5.74) is 0. The van der Waals surface area contributed by atoms with E-state index < -0.39 is 18.1 Å². The van der Waals surface area contributed by atoms with Gasteiger partial charge in [0.25, 0.3) is 0 Å². The topological polar surface area (TPSA) is 102 Å². The molecule has 0 bridgehead atoms. The van der Waals surface area contributed by atoms with Crippen molar-refractivity contribution in [1.29, 1.82) is 0 Å². The first kappa shape index (κ1) is 56.3. The quantitative estimate of drug-likeness (QED) is 0.0261. The number of carbonyl (C=O) groups excluding carboxylic acids is 3. The Balaban J connectivity index is 4.30. The van der Waals surface area contributed by atoms with E-state index in [1.165, 1.54) is 96.3 Å². The zero-order valence-corrected chi connectivity index (χ0v) is 38.9. The lowest BCUT2D eigenvalue weighted by atomic mass is 10.0. The summed E-state index contributed by atoms with van der Waals surface area (Å²) in [4.78, 5) is 37.0. The van der Waals surface area contributed by atoms with Gasteiger partial charge in [-0.25, -0.2) is 0 Å². The van der Waals surface area contributed by atoms with Crippen LogP contribution in [0.25, 0.3) is 0 Å². The normalized spacial score (nSPS) is 13.3. The van der Waals surface area contributed by atoms with Crippen LogP contribution in [-0.4, -0.2) is 75.5 Å². The highest BCUT2D eigenvalue weighted by molar-refractivity contribution is 5.70. The van der Waals surface area contributed by atoms with Gasteiger partial charge in [0.1, 0.15) is 12.6 Å². The van der Waals surface area contributed by atoms with Crippen LogP contribution in [0.4, 0.5) is 0 Å². The average Bonchev–Trinajstić information content (AvgIpc) is 3.19. The van der Waals surface area contributed by atoms with Crippen LogP contribution >= 0.6 is 0 Å². The van der Waals surface area contributed by atoms with Gasteiger partial charge < -0.3 is 28.6 Å². The summed E-state index contributed by atoms with van der Waals surface area (Å²) in [6, 6.07) is -0.728. The van der Waals surface area contributed by atoms with Gasteiger partial charge >= 0.3 is 11.9 Å². The van der Waals surface area contributed by atoms with E-state index in [4.69, 9.17) is 14.2 Å². The van der Waals surface area contributed by atoms with Crippen molar-refractivity contribution >= 4 is 17.9 Å². The van der Waals surface area contributed by atoms with Crippen LogP contribution in [0.15, 0.2) is 48.6 Å². The lowest BCUT2D eigenvalue weighted by molar-refractivity contribution is -0.889. The maximum atomic E-state index is 12.8. The van der Waals surface area contributed by atoms with Gasteiger partial charge in [-0.3, -0.25) is 9.59 Å². The molecule has 0 N–H and O–H groups in total. The number of hydrogen-bond donors (Lipinski definition) is 0. The molecule has 0 aromatic carbocycles.